The number of carbonyl (C=O) groups is 1. The second-order valence-corrected chi connectivity index (χ2v) is 9.35. The molecule has 0 fully saturated rings. The summed E-state index contributed by atoms with van der Waals surface area (Å²) in [5.74, 6) is 0.276. The number of nitrogens with one attached hydrogen (secondary N) is 2. The molecule has 0 aliphatic carbocycles. The lowest BCUT2D eigenvalue weighted by molar-refractivity contribution is -0.122. The maximum Gasteiger partial charge on any atom is 0.265 e. The molecule has 1 unspecified atom stereocenters. The lowest BCUT2D eigenvalue weighted by Crippen LogP contribution is -2.32. The molecule has 8 nitrogen and oxygen atoms in total. The van der Waals surface area contributed by atoms with Crippen LogP contribution >= 0.6 is 0 Å². The van der Waals surface area contributed by atoms with Crippen LogP contribution in [-0.4, -0.2) is 30.4 Å². The highest BCUT2D eigenvalue weighted by Gasteiger charge is 2.20. The highest BCUT2D eigenvalue weighted by atomic mass is 32.2. The third-order valence-electron chi connectivity index (χ3n) is 5.12. The maximum atomic E-state index is 12.8. The molecule has 1 aromatic heterocycles. The molecule has 2 N–H and O–H groups in total. The van der Waals surface area contributed by atoms with Crippen LogP contribution in [0, 0.1) is 6.92 Å². The first-order valence-corrected chi connectivity index (χ1v) is 12.2. The van der Waals surface area contributed by atoms with Gasteiger partial charge in [-0.25, -0.2) is 23.1 Å². The van der Waals surface area contributed by atoms with Gasteiger partial charge in [0.2, 0.25) is 5.95 Å². The third-order valence-corrected chi connectivity index (χ3v) is 6.46. The highest BCUT2D eigenvalue weighted by Crippen LogP contribution is 2.23. The molecule has 0 bridgehead atoms. The molecule has 0 radical (unpaired) electrons. The largest absolute Gasteiger partial charge is 0.481 e. The number of benzene rings is 3. The predicted octanol–water partition coefficient (Wildman–Crippen LogP) is 4.54. The van der Waals surface area contributed by atoms with Gasteiger partial charge < -0.3 is 10.1 Å². The molecular weight excluding hydrogens is 452 g/mol. The van der Waals surface area contributed by atoms with E-state index in [9.17, 15) is 13.2 Å². The van der Waals surface area contributed by atoms with E-state index in [1.54, 1.807) is 13.0 Å². The van der Waals surface area contributed by atoms with E-state index in [1.807, 2.05) is 49.4 Å². The van der Waals surface area contributed by atoms with Crippen molar-refractivity contribution in [3.8, 4) is 5.75 Å². The molecule has 4 rings (SSSR count). The Bertz CT molecular complexity index is 1420. The number of nitrogens with zero attached hydrogens (tertiary/aromatic N) is 2. The number of rotatable bonds is 8. The number of aryl methyl sites for hydroxylation is 1. The second kappa shape index (κ2) is 9.88. The first-order valence-electron chi connectivity index (χ1n) is 10.7. The van der Waals surface area contributed by atoms with Crippen molar-refractivity contribution in [1.82, 2.24) is 9.97 Å². The Balaban J connectivity index is 1.42. The smallest absolute Gasteiger partial charge is 0.265 e. The number of hydrogen-bond acceptors (Lipinski definition) is 6. The van der Waals surface area contributed by atoms with Crippen LogP contribution in [0.1, 0.15) is 19.0 Å². The van der Waals surface area contributed by atoms with Gasteiger partial charge in [-0.05, 0) is 66.6 Å². The predicted molar refractivity (Wildman–Crippen MR) is 131 cm³/mol. The zero-order valence-electron chi connectivity index (χ0n) is 18.7. The van der Waals surface area contributed by atoms with Crippen molar-refractivity contribution < 1.29 is 17.9 Å². The minimum atomic E-state index is -3.87. The van der Waals surface area contributed by atoms with E-state index < -0.39 is 16.1 Å². The summed E-state index contributed by atoms with van der Waals surface area (Å²) in [7, 11) is -3.87. The van der Waals surface area contributed by atoms with Crippen molar-refractivity contribution in [2.75, 3.05) is 10.0 Å². The van der Waals surface area contributed by atoms with E-state index in [4.69, 9.17) is 4.74 Å². The molecular formula is C25H24N4O4S. The Labute approximate surface area is 198 Å². The van der Waals surface area contributed by atoms with Gasteiger partial charge in [0.15, 0.2) is 6.10 Å². The molecule has 4 aromatic rings. The standard InChI is InChI=1S/C25H24N4O4S/c1-3-23(33-21-11-8-18-6-4-5-7-19(18)16-21)24(30)28-20-9-12-22(13-10-20)34(31,32)29-25-26-15-14-17(2)27-25/h4-16,23H,3H2,1-2H3,(H,28,30)(H,26,27,29). The van der Waals surface area contributed by atoms with Crippen LogP contribution in [-0.2, 0) is 14.8 Å². The van der Waals surface area contributed by atoms with Crippen LogP contribution in [0.2, 0.25) is 0 Å². The molecule has 0 aliphatic heterocycles. The fourth-order valence-electron chi connectivity index (χ4n) is 3.34. The van der Waals surface area contributed by atoms with Gasteiger partial charge in [0.05, 0.1) is 4.90 Å². The number of sulfonamides is 1. The van der Waals surface area contributed by atoms with Gasteiger partial charge in [-0.15, -0.1) is 0 Å². The number of ether oxygens (including phenoxy) is 1. The first-order chi connectivity index (χ1) is 16.3. The van der Waals surface area contributed by atoms with Gasteiger partial charge in [0.1, 0.15) is 5.75 Å². The van der Waals surface area contributed by atoms with Gasteiger partial charge in [0.25, 0.3) is 15.9 Å². The van der Waals surface area contributed by atoms with E-state index in [-0.39, 0.29) is 16.8 Å². The maximum absolute atomic E-state index is 12.8. The molecule has 3 aromatic carbocycles. The summed E-state index contributed by atoms with van der Waals surface area (Å²) < 4.78 is 33.5. The first kappa shape index (κ1) is 23.2. The SMILES string of the molecule is CCC(Oc1ccc2ccccc2c1)C(=O)Nc1ccc(S(=O)(=O)Nc2nccc(C)n2)cc1. The Morgan fingerprint density at radius 3 is 2.44 bits per heavy atom. The number of carbonyl (C=O) groups excluding carboxylic acids is 1. The summed E-state index contributed by atoms with van der Waals surface area (Å²) in [5, 5.41) is 4.90. The van der Waals surface area contributed by atoms with Crippen molar-refractivity contribution in [3.63, 3.8) is 0 Å². The summed E-state index contributed by atoms with van der Waals surface area (Å²) in [4.78, 5) is 20.8. The van der Waals surface area contributed by atoms with Crippen LogP contribution in [0.25, 0.3) is 10.8 Å². The van der Waals surface area contributed by atoms with Crippen LogP contribution in [0.15, 0.2) is 83.9 Å². The summed E-state index contributed by atoms with van der Waals surface area (Å²) in [5.41, 5.74) is 1.10. The van der Waals surface area contributed by atoms with Crippen molar-refractivity contribution in [3.05, 3.63) is 84.7 Å². The zero-order chi connectivity index (χ0) is 24.1. The van der Waals surface area contributed by atoms with E-state index in [0.29, 0.717) is 23.6 Å². The van der Waals surface area contributed by atoms with Crippen molar-refractivity contribution in [2.24, 2.45) is 0 Å². The number of anilines is 2. The van der Waals surface area contributed by atoms with Crippen molar-refractivity contribution in [1.29, 1.82) is 0 Å². The minimum Gasteiger partial charge on any atom is -0.481 e. The fourth-order valence-corrected chi connectivity index (χ4v) is 4.30. The van der Waals surface area contributed by atoms with Crippen molar-refractivity contribution >= 4 is 38.3 Å². The Morgan fingerprint density at radius 2 is 1.74 bits per heavy atom. The summed E-state index contributed by atoms with van der Waals surface area (Å²) in [6.45, 7) is 3.60. The van der Waals surface area contributed by atoms with Gasteiger partial charge >= 0.3 is 0 Å². The molecule has 174 valence electrons. The number of fused-ring (bicyclic) bond motifs is 1. The minimum absolute atomic E-state index is 0.00555. The summed E-state index contributed by atoms with van der Waals surface area (Å²) >= 11 is 0. The van der Waals surface area contributed by atoms with Crippen LogP contribution < -0.4 is 14.8 Å². The van der Waals surface area contributed by atoms with Gasteiger partial charge in [-0.3, -0.25) is 4.79 Å². The van der Waals surface area contributed by atoms with E-state index >= 15 is 0 Å². The Hall–Kier alpha value is -3.98. The highest BCUT2D eigenvalue weighted by molar-refractivity contribution is 7.92. The molecule has 1 amide bonds. The molecule has 0 spiro atoms. The zero-order valence-corrected chi connectivity index (χ0v) is 19.5. The summed E-state index contributed by atoms with van der Waals surface area (Å²) in [6.07, 6.45) is 1.24. The number of amides is 1. The normalized spacial score (nSPS) is 12.2. The molecule has 34 heavy (non-hydrogen) atoms. The Morgan fingerprint density at radius 1 is 1.00 bits per heavy atom. The third kappa shape index (κ3) is 5.49. The van der Waals surface area contributed by atoms with Crippen LogP contribution in [0.3, 0.4) is 0 Å². The van der Waals surface area contributed by atoms with E-state index in [2.05, 4.69) is 20.0 Å². The Kier molecular flexibility index (Phi) is 6.74. The summed E-state index contributed by atoms with van der Waals surface area (Å²) in [6, 6.07) is 21.1. The van der Waals surface area contributed by atoms with Gasteiger partial charge in [-0.1, -0.05) is 37.3 Å². The van der Waals surface area contributed by atoms with Crippen LogP contribution in [0.4, 0.5) is 11.6 Å². The molecule has 9 heteroatoms. The van der Waals surface area contributed by atoms with E-state index in [0.717, 1.165) is 10.8 Å². The van der Waals surface area contributed by atoms with E-state index in [1.165, 1.54) is 30.5 Å². The molecule has 0 saturated carbocycles. The van der Waals surface area contributed by atoms with Gasteiger partial charge in [0, 0.05) is 17.6 Å². The lowest BCUT2D eigenvalue weighted by Gasteiger charge is -2.18. The van der Waals surface area contributed by atoms with Crippen molar-refractivity contribution in [2.45, 2.75) is 31.3 Å². The van der Waals surface area contributed by atoms with Crippen LogP contribution in [0.5, 0.6) is 5.75 Å². The number of hydrogen-bond donors (Lipinski definition) is 2. The second-order valence-electron chi connectivity index (χ2n) is 7.66. The average Bonchev–Trinajstić information content (AvgIpc) is 2.82. The lowest BCUT2D eigenvalue weighted by atomic mass is 10.1. The van der Waals surface area contributed by atoms with Gasteiger partial charge in [-0.2, -0.15) is 0 Å². The topological polar surface area (TPSA) is 110 Å². The number of aromatic nitrogens is 2. The molecule has 0 aliphatic rings. The fraction of sp³-hybridized carbons (Fsp3) is 0.160. The molecule has 1 atom stereocenters. The monoisotopic (exact) mass is 476 g/mol. The molecule has 0 saturated heterocycles. The average molecular weight is 477 g/mol. The quantitative estimate of drug-likeness (QED) is 0.386. The molecule has 1 heterocycles.